The average Bonchev–Trinajstić information content (AvgIpc) is 1.64. The van der Waals surface area contributed by atoms with Crippen LogP contribution in [0, 0.1) is 23.7 Å². The third-order valence-corrected chi connectivity index (χ3v) is 13.8. The Hall–Kier alpha value is -7.19. The second kappa shape index (κ2) is 44.9. The molecule has 1 heterocycles. The van der Waals surface area contributed by atoms with E-state index in [1.54, 1.807) is 130 Å². The number of nitrogens with zero attached hydrogens (tertiary/aromatic N) is 3. The molecule has 1 saturated heterocycles. The Morgan fingerprint density at radius 1 is 0.530 bits per heavy atom. The number of carbonyl (C=O) groups excluding carboxylic acids is 8. The normalized spacial score (nSPS) is 16.1. The fourth-order valence-corrected chi connectivity index (χ4v) is 8.78. The van der Waals surface area contributed by atoms with Gasteiger partial charge in [0.15, 0.2) is 5.96 Å². The molecule has 100 heavy (non-hydrogen) atoms. The molecule has 0 spiro atoms. The first-order valence-corrected chi connectivity index (χ1v) is 33.4. The fourth-order valence-electron chi connectivity index (χ4n) is 8.78. The SMILES string of the molecule is C=CC[C@H](CN=C(C)NC(=O)OC(C)(C)C)[C@H](NC(C)=O)C(=O)OC(C)(C)C.C=CC[C@H](CO)[C@H](NC(C)=O)C(=O)OC(C)(C)C.CC(=O)N[C@H](C(=O)OC(C)(C)C)[C@H](CCCB1OC(C)(C)C(C)(C)O1)CN=C(C)NC(=O)OC(C)(C)C.NC(N)=NC[C@@H](CCCB(O)O)[C@H](N)C(=O)O. The van der Waals surface area contributed by atoms with E-state index in [2.05, 4.69) is 54.7 Å². The summed E-state index contributed by atoms with van der Waals surface area (Å²) in [6, 6.07) is -3.72. The van der Waals surface area contributed by atoms with Crippen molar-refractivity contribution in [2.45, 2.75) is 281 Å². The second-order valence-corrected chi connectivity index (χ2v) is 30.2. The van der Waals surface area contributed by atoms with Crippen molar-refractivity contribution in [3.63, 3.8) is 0 Å². The number of hydrogen-bond acceptors (Lipinski definition) is 23. The molecule has 0 aromatic heterocycles. The summed E-state index contributed by atoms with van der Waals surface area (Å²) in [5.74, 6) is -4.87. The molecule has 15 N–H and O–H groups in total. The number of ether oxygens (including phenoxy) is 5. The summed E-state index contributed by atoms with van der Waals surface area (Å²) in [6.45, 7) is 49.2. The minimum absolute atomic E-state index is 0.108. The van der Waals surface area contributed by atoms with Crippen molar-refractivity contribution < 1.29 is 96.4 Å². The highest BCUT2D eigenvalue weighted by atomic mass is 16.7. The molecule has 5 amide bonds. The molecule has 0 saturated carbocycles. The number of alkyl carbamates (subject to hydrolysis) is 2. The molecule has 8 atom stereocenters. The van der Waals surface area contributed by atoms with Crippen LogP contribution in [0.3, 0.4) is 0 Å². The quantitative estimate of drug-likeness (QED) is 0.0101. The Bertz CT molecular complexity index is 2690. The summed E-state index contributed by atoms with van der Waals surface area (Å²) in [5.41, 5.74) is 11.6. The predicted molar refractivity (Wildman–Crippen MR) is 386 cm³/mol. The molecular weight excluding hydrogens is 1300 g/mol. The third-order valence-electron chi connectivity index (χ3n) is 13.8. The first kappa shape index (κ1) is 97.0. The molecule has 1 aliphatic rings. The molecule has 0 unspecified atom stereocenters. The van der Waals surface area contributed by atoms with Gasteiger partial charge in [-0.3, -0.25) is 44.8 Å². The number of carboxylic acids is 1. The van der Waals surface area contributed by atoms with Crippen LogP contribution in [0.25, 0.3) is 0 Å². The Balaban J connectivity index is -0.00000132. The number of hydrogen-bond donors (Lipinski definition) is 12. The van der Waals surface area contributed by atoms with Gasteiger partial charge in [-0.1, -0.05) is 25.0 Å². The van der Waals surface area contributed by atoms with E-state index in [0.717, 1.165) is 0 Å². The highest BCUT2D eigenvalue weighted by molar-refractivity contribution is 6.45. The average molecular weight is 1430 g/mol. The van der Waals surface area contributed by atoms with Crippen LogP contribution in [0.15, 0.2) is 40.3 Å². The molecule has 0 bridgehead atoms. The zero-order chi connectivity index (χ0) is 78.7. The van der Waals surface area contributed by atoms with E-state index in [9.17, 15) is 48.3 Å². The number of amidine groups is 2. The van der Waals surface area contributed by atoms with Gasteiger partial charge < -0.3 is 86.4 Å². The van der Waals surface area contributed by atoms with Gasteiger partial charge in [0.2, 0.25) is 17.7 Å². The largest absolute Gasteiger partial charge is 0.480 e. The molecule has 0 aromatic carbocycles. The van der Waals surface area contributed by atoms with Crippen molar-refractivity contribution in [2.75, 3.05) is 26.2 Å². The van der Waals surface area contributed by atoms with Gasteiger partial charge in [-0.25, -0.2) is 24.0 Å². The van der Waals surface area contributed by atoms with E-state index in [0.29, 0.717) is 56.5 Å². The third kappa shape index (κ3) is 47.8. The number of allylic oxidation sites excluding steroid dienone is 2. The summed E-state index contributed by atoms with van der Waals surface area (Å²) in [5, 5.41) is 48.5. The minimum atomic E-state index is -1.40. The van der Waals surface area contributed by atoms with E-state index < -0.39 is 124 Å². The predicted octanol–water partition coefficient (Wildman–Crippen LogP) is 5.79. The number of nitrogens with one attached hydrogen (secondary N) is 5. The molecule has 1 fully saturated rings. The molecule has 0 radical (unpaired) electrons. The Morgan fingerprint density at radius 2 is 0.850 bits per heavy atom. The molecule has 0 aromatic rings. The standard InChI is InChI=1S/C26H48BN3O7.C20H35N3O5.C13H23NO4.C8H19BN4O4/c1-17(29-22(33)35-24(6,7)8)28-16-19(20(30-18(2)31)21(32)34-23(3,4)5)14-13-15-27-36-25(9,10)26(11,12)37-27;1-10-11-15(12-21-13(2)22-18(26)28-20(7,8)9)16(23-14(3)24)17(25)27-19(4,5)6;1-6-7-10(8-15)11(14-9(2)16)12(17)18-13(3,4)5;10-6(7(14)15)5(4-13-8(11)12)2-1-3-9(16)17/h19-20H,13-16H2,1-12H3,(H,30,31)(H,28,29,33);10,15-16H,1,11-12H2,2-9H3,(H,23,24)(H,21,22,26);6,10-11,15H,1,7-8H2,2-5H3,(H,14,16);5-6,16-17H,1-4,10H2,(H,14,15)(H4,11,12,13)/t19-,20+;15-,16+;10-,11+;5-,6+/m1111/s1. The first-order chi connectivity index (χ1) is 45.3. The van der Waals surface area contributed by atoms with E-state index in [-0.39, 0.29) is 69.3 Å². The van der Waals surface area contributed by atoms with E-state index in [1.807, 2.05) is 27.7 Å². The van der Waals surface area contributed by atoms with E-state index in [1.165, 1.54) is 20.8 Å². The zero-order valence-electron chi connectivity index (χ0n) is 64.2. The maximum atomic E-state index is 13.1. The number of carboxylic acid groups (broad SMARTS) is 1. The Morgan fingerprint density at radius 3 is 1.16 bits per heavy atom. The maximum Gasteiger partial charge on any atom is 0.457 e. The highest BCUT2D eigenvalue weighted by Crippen LogP contribution is 2.38. The van der Waals surface area contributed by atoms with Crippen molar-refractivity contribution in [1.29, 1.82) is 0 Å². The van der Waals surface area contributed by atoms with Gasteiger partial charge in [0.05, 0.1) is 11.2 Å². The number of carbonyl (C=O) groups is 9. The molecule has 1 rings (SSSR count). The van der Waals surface area contributed by atoms with Gasteiger partial charge in [-0.15, -0.1) is 13.2 Å². The molecule has 0 aliphatic carbocycles. The Labute approximate surface area is 594 Å². The fraction of sp³-hybridized carbons (Fsp3) is 0.761. The molecule has 31 nitrogen and oxygen atoms in total. The van der Waals surface area contributed by atoms with Gasteiger partial charge in [0, 0.05) is 70.7 Å². The van der Waals surface area contributed by atoms with Crippen LogP contribution < -0.4 is 43.8 Å². The number of aliphatic imine (C=N–C) groups is 3. The monoisotopic (exact) mass is 1430 g/mol. The summed E-state index contributed by atoms with van der Waals surface area (Å²) in [7, 11) is -1.77. The van der Waals surface area contributed by atoms with E-state index >= 15 is 0 Å². The Kier molecular flexibility index (Phi) is 43.6. The number of nitrogens with two attached hydrogens (primary N) is 3. The number of aliphatic hydroxyl groups is 1. The van der Waals surface area contributed by atoms with Crippen molar-refractivity contribution >= 4 is 85.7 Å². The summed E-state index contributed by atoms with van der Waals surface area (Å²) < 4.78 is 38.9. The van der Waals surface area contributed by atoms with Crippen molar-refractivity contribution in [3.05, 3.63) is 25.3 Å². The molecule has 574 valence electrons. The minimum Gasteiger partial charge on any atom is -0.480 e. The second-order valence-electron chi connectivity index (χ2n) is 30.2. The number of guanidine groups is 1. The van der Waals surface area contributed by atoms with Crippen LogP contribution in [0.5, 0.6) is 0 Å². The van der Waals surface area contributed by atoms with Crippen molar-refractivity contribution in [2.24, 2.45) is 55.8 Å². The highest BCUT2D eigenvalue weighted by Gasteiger charge is 2.51. The van der Waals surface area contributed by atoms with Gasteiger partial charge >= 0.3 is 50.3 Å². The van der Waals surface area contributed by atoms with Crippen LogP contribution in [-0.4, -0.2) is 196 Å². The van der Waals surface area contributed by atoms with Crippen LogP contribution in [0.4, 0.5) is 9.59 Å². The smallest absolute Gasteiger partial charge is 0.457 e. The van der Waals surface area contributed by atoms with Crippen molar-refractivity contribution in [1.82, 2.24) is 26.6 Å². The van der Waals surface area contributed by atoms with Crippen LogP contribution in [-0.2, 0) is 66.6 Å². The summed E-state index contributed by atoms with van der Waals surface area (Å²) >= 11 is 0. The maximum absolute atomic E-state index is 13.1. The lowest BCUT2D eigenvalue weighted by atomic mass is 9.80. The summed E-state index contributed by atoms with van der Waals surface area (Å²) in [6.07, 6.45) is 5.67. The number of rotatable bonds is 30. The topological polar surface area (TPSA) is 474 Å². The van der Waals surface area contributed by atoms with Crippen molar-refractivity contribution in [3.8, 4) is 0 Å². The van der Waals surface area contributed by atoms with Crippen LogP contribution in [0.1, 0.15) is 205 Å². The van der Waals surface area contributed by atoms with E-state index in [4.69, 9.17) is 65.3 Å². The van der Waals surface area contributed by atoms with Gasteiger partial charge in [-0.05, 0) is 184 Å². The van der Waals surface area contributed by atoms with Gasteiger partial charge in [0.1, 0.15) is 63.8 Å². The number of aliphatic carboxylic acids is 1. The number of amides is 5. The molecule has 33 heteroatoms. The summed E-state index contributed by atoms with van der Waals surface area (Å²) in [4.78, 5) is 120. The van der Waals surface area contributed by atoms with Crippen LogP contribution >= 0.6 is 0 Å². The van der Waals surface area contributed by atoms with Crippen LogP contribution in [0.2, 0.25) is 12.6 Å². The number of aliphatic hydroxyl groups excluding tert-OH is 1. The van der Waals surface area contributed by atoms with Gasteiger partial charge in [0.25, 0.3) is 0 Å². The molecular formula is C67H125B2N11O20. The lowest BCUT2D eigenvalue weighted by molar-refractivity contribution is -0.161. The molecule has 1 aliphatic heterocycles. The lowest BCUT2D eigenvalue weighted by Gasteiger charge is -2.32. The zero-order valence-corrected chi connectivity index (χ0v) is 64.2. The lowest BCUT2D eigenvalue weighted by Crippen LogP contribution is -2.49. The first-order valence-electron chi connectivity index (χ1n) is 33.4. The number of esters is 3. The van der Waals surface area contributed by atoms with Gasteiger partial charge in [-0.2, -0.15) is 0 Å².